The molecule has 0 aliphatic carbocycles. The van der Waals surface area contributed by atoms with Gasteiger partial charge in [0.25, 0.3) is 5.91 Å². The van der Waals surface area contributed by atoms with Gasteiger partial charge in [-0.15, -0.1) is 11.3 Å². The Morgan fingerprint density at radius 1 is 1.05 bits per heavy atom. The number of hydrogen-bond acceptors (Lipinski definition) is 7. The molecule has 0 spiro atoms. The maximum absolute atomic E-state index is 12.7. The van der Waals surface area contributed by atoms with Crippen LogP contribution in [0.25, 0.3) is 11.3 Å². The van der Waals surface area contributed by atoms with E-state index < -0.39 is 0 Å². The lowest BCUT2D eigenvalue weighted by atomic mass is 10.1. The molecule has 0 saturated carbocycles. The smallest absolute Gasteiger partial charge is 0.271 e. The van der Waals surface area contributed by atoms with E-state index in [9.17, 15) is 4.79 Å². The largest absolute Gasteiger partial charge is 0.493 e. The summed E-state index contributed by atoms with van der Waals surface area (Å²) in [5.74, 6) is 0.824. The number of rotatable bonds is 10. The van der Waals surface area contributed by atoms with Crippen LogP contribution in [-0.4, -0.2) is 24.2 Å². The molecule has 0 aliphatic heterocycles. The number of benzene rings is 4. The predicted molar refractivity (Wildman–Crippen MR) is 174 cm³/mol. The van der Waals surface area contributed by atoms with Crippen molar-refractivity contribution in [3.8, 4) is 22.8 Å². The van der Waals surface area contributed by atoms with Gasteiger partial charge in [0.1, 0.15) is 6.61 Å². The fourth-order valence-electron chi connectivity index (χ4n) is 4.02. The fourth-order valence-corrected chi connectivity index (χ4v) is 5.31. The highest BCUT2D eigenvalue weighted by Gasteiger charge is 2.11. The third-order valence-electron chi connectivity index (χ3n) is 6.17. The molecule has 5 rings (SSSR count). The molecule has 1 aromatic heterocycles. The van der Waals surface area contributed by atoms with E-state index in [1.165, 1.54) is 16.9 Å². The highest BCUT2D eigenvalue weighted by atomic mass is 79.9. The van der Waals surface area contributed by atoms with Gasteiger partial charge >= 0.3 is 0 Å². The third-order valence-corrected chi connectivity index (χ3v) is 7.87. The van der Waals surface area contributed by atoms with Crippen LogP contribution in [0.15, 0.2) is 99.9 Å². The van der Waals surface area contributed by atoms with Gasteiger partial charge in [-0.05, 0) is 76.9 Å². The van der Waals surface area contributed by atoms with Crippen LogP contribution in [0.1, 0.15) is 27.0 Å². The molecule has 0 atom stereocenters. The van der Waals surface area contributed by atoms with Crippen LogP contribution in [-0.2, 0) is 6.61 Å². The summed E-state index contributed by atoms with van der Waals surface area (Å²) in [7, 11) is 1.58. The van der Waals surface area contributed by atoms with Crippen LogP contribution in [0.2, 0.25) is 5.02 Å². The van der Waals surface area contributed by atoms with Gasteiger partial charge in [-0.25, -0.2) is 10.4 Å². The van der Waals surface area contributed by atoms with Gasteiger partial charge in [0.2, 0.25) is 0 Å². The van der Waals surface area contributed by atoms with Crippen LogP contribution in [0.3, 0.4) is 0 Å². The molecule has 7 nitrogen and oxygen atoms in total. The monoisotopic (exact) mass is 660 g/mol. The second-order valence-corrected chi connectivity index (χ2v) is 11.4. The number of amides is 1. The zero-order valence-electron chi connectivity index (χ0n) is 22.7. The maximum atomic E-state index is 12.7. The number of aromatic nitrogens is 1. The molecule has 5 aromatic rings. The van der Waals surface area contributed by atoms with E-state index >= 15 is 0 Å². The number of carbonyl (C=O) groups is 1. The number of anilines is 2. The van der Waals surface area contributed by atoms with E-state index in [0.717, 1.165) is 37.7 Å². The van der Waals surface area contributed by atoms with Crippen molar-refractivity contribution < 1.29 is 14.3 Å². The van der Waals surface area contributed by atoms with Crippen molar-refractivity contribution in [3.05, 3.63) is 122 Å². The van der Waals surface area contributed by atoms with Gasteiger partial charge < -0.3 is 14.8 Å². The number of carbonyl (C=O) groups excluding carboxylic acids is 1. The van der Waals surface area contributed by atoms with Gasteiger partial charge in [0.15, 0.2) is 16.6 Å². The molecule has 1 heterocycles. The summed E-state index contributed by atoms with van der Waals surface area (Å²) < 4.78 is 12.3. The zero-order chi connectivity index (χ0) is 29.5. The second-order valence-electron chi connectivity index (χ2n) is 9.25. The van der Waals surface area contributed by atoms with Gasteiger partial charge in [0.05, 0.1) is 19.0 Å². The number of hydrogen-bond donors (Lipinski definition) is 2. The van der Waals surface area contributed by atoms with Crippen LogP contribution < -0.4 is 20.2 Å². The van der Waals surface area contributed by atoms with E-state index in [4.69, 9.17) is 21.1 Å². The van der Waals surface area contributed by atoms with Gasteiger partial charge in [-0.2, -0.15) is 5.10 Å². The Hall–Kier alpha value is -4.18. The van der Waals surface area contributed by atoms with E-state index in [0.29, 0.717) is 28.7 Å². The summed E-state index contributed by atoms with van der Waals surface area (Å²) in [5.41, 5.74) is 8.62. The number of thiazole rings is 1. The van der Waals surface area contributed by atoms with Crippen molar-refractivity contribution in [2.24, 2.45) is 5.10 Å². The SMILES string of the molecule is COc1cc(/C=N\NC(=O)c2ccc(-c3csc(Nc4ccc(Cl)cc4)n3)cc2)c(Br)cc1OCc1cccc(C)c1. The second kappa shape index (κ2) is 13.7. The fraction of sp³-hybridized carbons (Fsp3) is 0.0938. The predicted octanol–water partition coefficient (Wildman–Crippen LogP) is 8.63. The average molecular weight is 662 g/mol. The number of aryl methyl sites for hydroxylation is 1. The molecule has 10 heteroatoms. The third kappa shape index (κ3) is 7.55. The van der Waals surface area contributed by atoms with E-state index in [-0.39, 0.29) is 5.91 Å². The Kier molecular flexibility index (Phi) is 9.53. The Labute approximate surface area is 261 Å². The Bertz CT molecular complexity index is 1720. The van der Waals surface area contributed by atoms with Gasteiger partial charge in [-0.3, -0.25) is 4.79 Å². The molecule has 0 radical (unpaired) electrons. The van der Waals surface area contributed by atoms with Crippen LogP contribution in [0.5, 0.6) is 11.5 Å². The molecular weight excluding hydrogens is 636 g/mol. The first-order valence-electron chi connectivity index (χ1n) is 12.9. The first-order valence-corrected chi connectivity index (χ1v) is 14.9. The lowest BCUT2D eigenvalue weighted by Crippen LogP contribution is -2.17. The maximum Gasteiger partial charge on any atom is 0.271 e. The lowest BCUT2D eigenvalue weighted by Gasteiger charge is -2.13. The van der Waals surface area contributed by atoms with Crippen LogP contribution >= 0.6 is 38.9 Å². The molecule has 0 saturated heterocycles. The quantitative estimate of drug-likeness (QED) is 0.116. The molecule has 1 amide bonds. The Morgan fingerprint density at radius 2 is 1.83 bits per heavy atom. The molecule has 0 fully saturated rings. The van der Waals surface area contributed by atoms with Crippen LogP contribution in [0.4, 0.5) is 10.8 Å². The van der Waals surface area contributed by atoms with Crippen molar-refractivity contribution in [1.29, 1.82) is 0 Å². The topological polar surface area (TPSA) is 84.8 Å². The van der Waals surface area contributed by atoms with E-state index in [1.807, 2.05) is 73.0 Å². The number of nitrogens with zero attached hydrogens (tertiary/aromatic N) is 2. The minimum absolute atomic E-state index is 0.331. The molecule has 212 valence electrons. The van der Waals surface area contributed by atoms with Crippen molar-refractivity contribution in [1.82, 2.24) is 10.4 Å². The molecule has 42 heavy (non-hydrogen) atoms. The molecule has 0 unspecified atom stereocenters. The number of ether oxygens (including phenoxy) is 2. The highest BCUT2D eigenvalue weighted by Crippen LogP contribution is 2.33. The average Bonchev–Trinajstić information content (AvgIpc) is 3.46. The van der Waals surface area contributed by atoms with E-state index in [1.54, 1.807) is 31.5 Å². The lowest BCUT2D eigenvalue weighted by molar-refractivity contribution is 0.0955. The minimum Gasteiger partial charge on any atom is -0.493 e. The van der Waals surface area contributed by atoms with Crippen molar-refractivity contribution in [2.75, 3.05) is 12.4 Å². The first kappa shape index (κ1) is 29.3. The van der Waals surface area contributed by atoms with Crippen molar-refractivity contribution >= 4 is 61.8 Å². The number of halogens is 2. The molecule has 0 bridgehead atoms. The number of hydrazone groups is 1. The molecule has 0 aliphatic rings. The van der Waals surface area contributed by atoms with Crippen molar-refractivity contribution in [2.45, 2.75) is 13.5 Å². The molecule has 2 N–H and O–H groups in total. The number of methoxy groups -OCH3 is 1. The van der Waals surface area contributed by atoms with Gasteiger partial charge in [-0.1, -0.05) is 53.6 Å². The highest BCUT2D eigenvalue weighted by molar-refractivity contribution is 9.10. The van der Waals surface area contributed by atoms with Crippen molar-refractivity contribution in [3.63, 3.8) is 0 Å². The summed E-state index contributed by atoms with van der Waals surface area (Å²) in [6.45, 7) is 2.46. The normalized spacial score (nSPS) is 11.0. The molecule has 4 aromatic carbocycles. The van der Waals surface area contributed by atoms with Crippen LogP contribution in [0, 0.1) is 6.92 Å². The molecular formula is C32H26BrClN4O3S. The van der Waals surface area contributed by atoms with E-state index in [2.05, 4.69) is 42.8 Å². The summed E-state index contributed by atoms with van der Waals surface area (Å²) >= 11 is 11.0. The summed E-state index contributed by atoms with van der Waals surface area (Å²) in [6.07, 6.45) is 1.55. The standard InChI is InChI=1S/C32H26BrClN4O3S/c1-20-4-3-5-21(14-20)18-41-30-16-27(33)24(15-29(30)40-2)17-35-38-31(39)23-8-6-22(7-9-23)28-19-42-32(37-28)36-26-12-10-25(34)11-13-26/h3-17,19H,18H2,1-2H3,(H,36,37)(H,38,39)/b35-17-. The minimum atomic E-state index is -0.331. The summed E-state index contributed by atoms with van der Waals surface area (Å²) in [4.78, 5) is 17.3. The summed E-state index contributed by atoms with van der Waals surface area (Å²) in [6, 6.07) is 26.4. The number of nitrogens with one attached hydrogen (secondary N) is 2. The Balaban J connectivity index is 1.19. The van der Waals surface area contributed by atoms with Gasteiger partial charge in [0, 0.05) is 37.3 Å². The zero-order valence-corrected chi connectivity index (χ0v) is 25.9. The first-order chi connectivity index (χ1) is 20.4. The summed E-state index contributed by atoms with van der Waals surface area (Å²) in [5, 5.41) is 10.8. The Morgan fingerprint density at radius 3 is 2.57 bits per heavy atom.